The Morgan fingerprint density at radius 2 is 2.05 bits per heavy atom. The Morgan fingerprint density at radius 1 is 1.35 bits per heavy atom. The van der Waals surface area contributed by atoms with Crippen LogP contribution in [0.4, 0.5) is 14.5 Å². The average Bonchev–Trinajstić information content (AvgIpc) is 2.38. The van der Waals surface area contributed by atoms with Gasteiger partial charge in [-0.2, -0.15) is 0 Å². The average molecular weight is 351 g/mol. The molecule has 20 heavy (non-hydrogen) atoms. The van der Waals surface area contributed by atoms with Gasteiger partial charge in [0.15, 0.2) is 0 Å². The first-order valence-corrected chi connectivity index (χ1v) is 7.22. The molecule has 1 fully saturated rings. The molecule has 4 nitrogen and oxygen atoms in total. The van der Waals surface area contributed by atoms with E-state index in [2.05, 4.69) is 26.1 Å². The molecule has 1 heterocycles. The summed E-state index contributed by atoms with van der Waals surface area (Å²) in [6.45, 7) is 3.59. The first-order chi connectivity index (χ1) is 9.56. The zero-order valence-electron chi connectivity index (χ0n) is 10.9. The van der Waals surface area contributed by atoms with Crippen LogP contribution < -0.4 is 5.32 Å². The fraction of sp³-hybridized carbons (Fsp3) is 0.538. The van der Waals surface area contributed by atoms with Gasteiger partial charge < -0.3 is 15.2 Å². The standard InChI is InChI=1S/C13H17BrF2N2O2/c14-11-5-9(15)6-12(16)13(11)17-7-10(19)8-18-1-3-20-4-2-18/h5-6,10,17,19H,1-4,7-8H2. The molecular formula is C13H17BrF2N2O2. The van der Waals surface area contributed by atoms with Crippen LogP contribution in [0.15, 0.2) is 16.6 Å². The van der Waals surface area contributed by atoms with Crippen molar-refractivity contribution < 1.29 is 18.6 Å². The van der Waals surface area contributed by atoms with Crippen molar-refractivity contribution in [2.75, 3.05) is 44.7 Å². The Labute approximate surface area is 124 Å². The second kappa shape index (κ2) is 7.31. The first-order valence-electron chi connectivity index (χ1n) is 6.43. The van der Waals surface area contributed by atoms with Crippen LogP contribution in [0, 0.1) is 11.6 Å². The van der Waals surface area contributed by atoms with E-state index in [4.69, 9.17) is 4.74 Å². The van der Waals surface area contributed by atoms with Gasteiger partial charge in [0.2, 0.25) is 0 Å². The zero-order valence-corrected chi connectivity index (χ0v) is 12.5. The summed E-state index contributed by atoms with van der Waals surface area (Å²) < 4.78 is 32.1. The van der Waals surface area contributed by atoms with Gasteiger partial charge in [-0.15, -0.1) is 0 Å². The normalized spacial score (nSPS) is 18.0. The van der Waals surface area contributed by atoms with Crippen LogP contribution in [-0.4, -0.2) is 55.5 Å². The summed E-state index contributed by atoms with van der Waals surface area (Å²) in [5.74, 6) is -1.33. The van der Waals surface area contributed by atoms with E-state index in [9.17, 15) is 13.9 Å². The molecule has 1 atom stereocenters. The third-order valence-electron chi connectivity index (χ3n) is 3.09. The summed E-state index contributed by atoms with van der Waals surface area (Å²) in [5, 5.41) is 12.7. The Kier molecular flexibility index (Phi) is 5.71. The van der Waals surface area contributed by atoms with E-state index in [1.54, 1.807) is 0 Å². The number of aliphatic hydroxyl groups excluding tert-OH is 1. The topological polar surface area (TPSA) is 44.7 Å². The quantitative estimate of drug-likeness (QED) is 0.850. The molecule has 0 saturated carbocycles. The van der Waals surface area contributed by atoms with E-state index in [-0.39, 0.29) is 12.2 Å². The summed E-state index contributed by atoms with van der Waals surface area (Å²) in [6, 6.07) is 1.99. The van der Waals surface area contributed by atoms with Gasteiger partial charge in [0, 0.05) is 36.7 Å². The molecule has 1 unspecified atom stereocenters. The van der Waals surface area contributed by atoms with Crippen LogP contribution >= 0.6 is 15.9 Å². The summed E-state index contributed by atoms with van der Waals surface area (Å²) >= 11 is 3.10. The molecule has 0 amide bonds. The fourth-order valence-corrected chi connectivity index (χ4v) is 2.63. The van der Waals surface area contributed by atoms with Crippen LogP contribution in [-0.2, 0) is 4.74 Å². The predicted octanol–water partition coefficient (Wildman–Crippen LogP) is 1.83. The number of hydrogen-bond acceptors (Lipinski definition) is 4. The van der Waals surface area contributed by atoms with E-state index < -0.39 is 17.7 Å². The van der Waals surface area contributed by atoms with Crippen molar-refractivity contribution in [2.45, 2.75) is 6.10 Å². The van der Waals surface area contributed by atoms with Gasteiger partial charge in [0.1, 0.15) is 11.6 Å². The number of morpholine rings is 1. The third-order valence-corrected chi connectivity index (χ3v) is 3.72. The van der Waals surface area contributed by atoms with Crippen molar-refractivity contribution in [3.63, 3.8) is 0 Å². The molecule has 0 spiro atoms. The molecular weight excluding hydrogens is 334 g/mol. The second-order valence-electron chi connectivity index (χ2n) is 4.69. The lowest BCUT2D eigenvalue weighted by Gasteiger charge is -2.28. The maximum atomic E-state index is 13.6. The summed E-state index contributed by atoms with van der Waals surface area (Å²) in [5.41, 5.74) is 0.160. The van der Waals surface area contributed by atoms with E-state index in [0.29, 0.717) is 24.2 Å². The molecule has 1 aliphatic heterocycles. The third kappa shape index (κ3) is 4.37. The number of anilines is 1. The van der Waals surface area contributed by atoms with Gasteiger partial charge in [-0.25, -0.2) is 8.78 Å². The minimum Gasteiger partial charge on any atom is -0.390 e. The highest BCUT2D eigenvalue weighted by Crippen LogP contribution is 2.26. The van der Waals surface area contributed by atoms with Crippen molar-refractivity contribution in [3.8, 4) is 0 Å². The molecule has 2 rings (SSSR count). The van der Waals surface area contributed by atoms with Crippen LogP contribution in [0.25, 0.3) is 0 Å². The molecule has 7 heteroatoms. The molecule has 0 aliphatic carbocycles. The number of β-amino-alcohol motifs (C(OH)–C–C–N with tert-alkyl or cyclic N) is 1. The van der Waals surface area contributed by atoms with E-state index in [0.717, 1.165) is 19.2 Å². The fourth-order valence-electron chi connectivity index (χ4n) is 2.08. The van der Waals surface area contributed by atoms with Crippen molar-refractivity contribution in [3.05, 3.63) is 28.2 Å². The van der Waals surface area contributed by atoms with E-state index in [1.165, 1.54) is 6.07 Å². The molecule has 1 aliphatic rings. The van der Waals surface area contributed by atoms with Crippen LogP contribution in [0.3, 0.4) is 0 Å². The Bertz CT molecular complexity index is 433. The van der Waals surface area contributed by atoms with Gasteiger partial charge >= 0.3 is 0 Å². The van der Waals surface area contributed by atoms with Crippen molar-refractivity contribution in [1.29, 1.82) is 0 Å². The highest BCUT2D eigenvalue weighted by atomic mass is 79.9. The maximum absolute atomic E-state index is 13.6. The van der Waals surface area contributed by atoms with Crippen molar-refractivity contribution >= 4 is 21.6 Å². The van der Waals surface area contributed by atoms with E-state index >= 15 is 0 Å². The van der Waals surface area contributed by atoms with Crippen LogP contribution in [0.1, 0.15) is 0 Å². The molecule has 0 bridgehead atoms. The van der Waals surface area contributed by atoms with Gasteiger partial charge in [-0.1, -0.05) is 0 Å². The van der Waals surface area contributed by atoms with Gasteiger partial charge in [-0.3, -0.25) is 4.90 Å². The number of halogens is 3. The Balaban J connectivity index is 1.85. The van der Waals surface area contributed by atoms with Crippen LogP contribution in [0.2, 0.25) is 0 Å². The Morgan fingerprint density at radius 3 is 2.70 bits per heavy atom. The molecule has 0 radical (unpaired) electrons. The molecule has 1 saturated heterocycles. The zero-order chi connectivity index (χ0) is 14.5. The second-order valence-corrected chi connectivity index (χ2v) is 5.55. The number of benzene rings is 1. The van der Waals surface area contributed by atoms with Crippen molar-refractivity contribution in [2.24, 2.45) is 0 Å². The first kappa shape index (κ1) is 15.6. The maximum Gasteiger partial charge on any atom is 0.150 e. The largest absolute Gasteiger partial charge is 0.390 e. The number of rotatable bonds is 5. The van der Waals surface area contributed by atoms with Gasteiger partial charge in [0.05, 0.1) is 25.0 Å². The molecule has 1 aromatic carbocycles. The van der Waals surface area contributed by atoms with Crippen molar-refractivity contribution in [1.82, 2.24) is 4.90 Å². The number of ether oxygens (including phenoxy) is 1. The van der Waals surface area contributed by atoms with Gasteiger partial charge in [0.25, 0.3) is 0 Å². The lowest BCUT2D eigenvalue weighted by atomic mass is 10.2. The highest BCUT2D eigenvalue weighted by molar-refractivity contribution is 9.10. The minimum atomic E-state index is -0.685. The smallest absolute Gasteiger partial charge is 0.150 e. The molecule has 112 valence electrons. The number of nitrogens with one attached hydrogen (secondary N) is 1. The summed E-state index contributed by atoms with van der Waals surface area (Å²) in [6.07, 6.45) is -0.635. The molecule has 1 aromatic rings. The van der Waals surface area contributed by atoms with E-state index in [1.807, 2.05) is 0 Å². The van der Waals surface area contributed by atoms with Gasteiger partial charge in [-0.05, 0) is 22.0 Å². The Hall–Kier alpha value is -0.760. The number of nitrogens with zero attached hydrogens (tertiary/aromatic N) is 1. The predicted molar refractivity (Wildman–Crippen MR) is 75.8 cm³/mol. The summed E-state index contributed by atoms with van der Waals surface area (Å²) in [7, 11) is 0. The lowest BCUT2D eigenvalue weighted by molar-refractivity contribution is 0.0171. The number of hydrogen-bond donors (Lipinski definition) is 2. The molecule has 2 N–H and O–H groups in total. The minimum absolute atomic E-state index is 0.160. The molecule has 0 aromatic heterocycles. The SMILES string of the molecule is OC(CNc1c(F)cc(F)cc1Br)CN1CCOCC1. The summed E-state index contributed by atoms with van der Waals surface area (Å²) in [4.78, 5) is 2.09. The lowest BCUT2D eigenvalue weighted by Crippen LogP contribution is -2.42. The van der Waals surface area contributed by atoms with Crippen LogP contribution in [0.5, 0.6) is 0 Å². The highest BCUT2D eigenvalue weighted by Gasteiger charge is 2.16. The number of aliphatic hydroxyl groups is 1. The monoisotopic (exact) mass is 350 g/mol.